The number of anilines is 3. The van der Waals surface area contributed by atoms with Gasteiger partial charge in [-0.2, -0.15) is 0 Å². The fraction of sp³-hybridized carbons (Fsp3) is 0.167. The number of thiazole rings is 1. The lowest BCUT2D eigenvalue weighted by Crippen LogP contribution is -2.33. The molecule has 0 spiro atoms. The highest BCUT2D eigenvalue weighted by atomic mass is 35.5. The predicted octanol–water partition coefficient (Wildman–Crippen LogP) is 5.06. The van der Waals surface area contributed by atoms with Gasteiger partial charge in [0.15, 0.2) is 5.13 Å². The highest BCUT2D eigenvalue weighted by Gasteiger charge is 2.39. The third-order valence-corrected chi connectivity index (χ3v) is 6.83. The van der Waals surface area contributed by atoms with Gasteiger partial charge in [-0.3, -0.25) is 19.7 Å². The summed E-state index contributed by atoms with van der Waals surface area (Å²) in [6.45, 7) is 7.57. The van der Waals surface area contributed by atoms with E-state index in [1.54, 1.807) is 36.4 Å². The van der Waals surface area contributed by atoms with Crippen molar-refractivity contribution >= 4 is 57.2 Å². The highest BCUT2D eigenvalue weighted by Crippen LogP contribution is 2.33. The average Bonchev–Trinajstić information content (AvgIpc) is 3.20. The third kappa shape index (κ3) is 4.27. The van der Waals surface area contributed by atoms with E-state index in [0.29, 0.717) is 22.1 Å². The molecule has 0 unspecified atom stereocenters. The summed E-state index contributed by atoms with van der Waals surface area (Å²) in [7, 11) is 0. The lowest BCUT2D eigenvalue weighted by atomic mass is 10.1. The maximum Gasteiger partial charge on any atom is 0.283 e. The molecule has 3 amide bonds. The van der Waals surface area contributed by atoms with Crippen LogP contribution in [0.2, 0.25) is 0 Å². The number of amides is 3. The smallest absolute Gasteiger partial charge is 0.283 e. The van der Waals surface area contributed by atoms with Crippen LogP contribution in [-0.2, 0) is 9.59 Å². The van der Waals surface area contributed by atoms with Crippen LogP contribution in [0.5, 0.6) is 0 Å². The van der Waals surface area contributed by atoms with Crippen molar-refractivity contribution in [3.63, 3.8) is 0 Å². The first-order valence-electron chi connectivity index (χ1n) is 10.1. The summed E-state index contributed by atoms with van der Waals surface area (Å²) in [4.78, 5) is 45.0. The number of halogens is 1. The van der Waals surface area contributed by atoms with Crippen LogP contribution in [0.1, 0.15) is 32.1 Å². The summed E-state index contributed by atoms with van der Waals surface area (Å²) in [6, 6.07) is 12.0. The second kappa shape index (κ2) is 8.80. The Hall–Kier alpha value is -3.49. The molecule has 1 aliphatic heterocycles. The molecule has 0 saturated carbocycles. The van der Waals surface area contributed by atoms with E-state index in [2.05, 4.69) is 15.6 Å². The molecule has 1 aromatic heterocycles. The van der Waals surface area contributed by atoms with Gasteiger partial charge in [-0.1, -0.05) is 29.8 Å². The number of nitrogens with zero attached hydrogens (tertiary/aromatic N) is 2. The summed E-state index contributed by atoms with van der Waals surface area (Å²) >= 11 is 7.65. The number of rotatable bonds is 5. The van der Waals surface area contributed by atoms with Crippen molar-refractivity contribution in [3.05, 3.63) is 80.5 Å². The first-order chi connectivity index (χ1) is 15.7. The van der Waals surface area contributed by atoms with Crippen molar-refractivity contribution in [1.29, 1.82) is 0 Å². The van der Waals surface area contributed by atoms with Crippen LogP contribution in [0, 0.1) is 27.7 Å². The Balaban J connectivity index is 1.56. The van der Waals surface area contributed by atoms with Crippen molar-refractivity contribution in [2.75, 3.05) is 15.5 Å². The predicted molar refractivity (Wildman–Crippen MR) is 131 cm³/mol. The lowest BCUT2D eigenvalue weighted by molar-refractivity contribution is -0.120. The molecular weight excluding hydrogens is 460 g/mol. The minimum atomic E-state index is -0.596. The Labute approximate surface area is 200 Å². The standard InChI is InChI=1S/C24H21ClN4O3S/c1-12-7-5-10-18(13(12)2)29-22(31)19(25)20(23(29)32)27-17-9-6-8-16(11-17)21(30)28-24-26-14(3)15(4)33-24/h5-11,27H,1-4H3,(H,26,28,30). The minimum absolute atomic E-state index is 0.0358. The summed E-state index contributed by atoms with van der Waals surface area (Å²) in [6.07, 6.45) is 0. The van der Waals surface area contributed by atoms with Gasteiger partial charge in [-0.25, -0.2) is 9.88 Å². The second-order valence-corrected chi connectivity index (χ2v) is 9.26. The van der Waals surface area contributed by atoms with E-state index in [1.165, 1.54) is 11.3 Å². The molecule has 0 fully saturated rings. The van der Waals surface area contributed by atoms with Crippen LogP contribution in [-0.4, -0.2) is 22.7 Å². The first kappa shape index (κ1) is 22.7. The molecule has 2 N–H and O–H groups in total. The molecule has 3 aromatic rings. The Kier molecular flexibility index (Phi) is 6.05. The number of carbonyl (C=O) groups excluding carboxylic acids is 3. The van der Waals surface area contributed by atoms with Crippen LogP contribution in [0.25, 0.3) is 0 Å². The van der Waals surface area contributed by atoms with Gasteiger partial charge >= 0.3 is 0 Å². The Morgan fingerprint density at radius 1 is 1.03 bits per heavy atom. The fourth-order valence-corrected chi connectivity index (χ4v) is 4.41. The van der Waals surface area contributed by atoms with Gasteiger partial charge in [-0.05, 0) is 63.1 Å². The molecule has 4 rings (SSSR count). The van der Waals surface area contributed by atoms with Gasteiger partial charge in [0.1, 0.15) is 10.7 Å². The van der Waals surface area contributed by atoms with Gasteiger partial charge in [0.2, 0.25) is 0 Å². The topological polar surface area (TPSA) is 91.4 Å². The van der Waals surface area contributed by atoms with Gasteiger partial charge in [0, 0.05) is 16.1 Å². The Morgan fingerprint density at radius 2 is 1.76 bits per heavy atom. The monoisotopic (exact) mass is 480 g/mol. The molecule has 168 valence electrons. The van der Waals surface area contributed by atoms with E-state index in [9.17, 15) is 14.4 Å². The zero-order valence-corrected chi connectivity index (χ0v) is 20.0. The van der Waals surface area contributed by atoms with Gasteiger partial charge in [0.25, 0.3) is 17.7 Å². The van der Waals surface area contributed by atoms with Crippen molar-refractivity contribution in [3.8, 4) is 0 Å². The number of nitrogens with one attached hydrogen (secondary N) is 2. The van der Waals surface area contributed by atoms with E-state index < -0.39 is 11.8 Å². The number of imide groups is 1. The number of aromatic nitrogens is 1. The van der Waals surface area contributed by atoms with E-state index >= 15 is 0 Å². The largest absolute Gasteiger partial charge is 0.350 e. The van der Waals surface area contributed by atoms with Crippen LogP contribution in [0.3, 0.4) is 0 Å². The molecule has 1 aliphatic rings. The molecule has 0 atom stereocenters. The maximum atomic E-state index is 13.1. The van der Waals surface area contributed by atoms with E-state index in [0.717, 1.165) is 26.6 Å². The van der Waals surface area contributed by atoms with Crippen molar-refractivity contribution < 1.29 is 14.4 Å². The zero-order valence-electron chi connectivity index (χ0n) is 18.4. The molecular formula is C24H21ClN4O3S. The quantitative estimate of drug-likeness (QED) is 0.498. The maximum absolute atomic E-state index is 13.1. The molecule has 0 radical (unpaired) electrons. The van der Waals surface area contributed by atoms with Gasteiger partial charge < -0.3 is 5.32 Å². The summed E-state index contributed by atoms with van der Waals surface area (Å²) in [5, 5.41) is 6.01. The van der Waals surface area contributed by atoms with Crippen LogP contribution in [0.15, 0.2) is 53.2 Å². The molecule has 0 aliphatic carbocycles. The van der Waals surface area contributed by atoms with E-state index in [1.807, 2.05) is 33.8 Å². The average molecular weight is 481 g/mol. The Bertz CT molecular complexity index is 1330. The Morgan fingerprint density at radius 3 is 2.45 bits per heavy atom. The number of hydrogen-bond donors (Lipinski definition) is 2. The van der Waals surface area contributed by atoms with Crippen LogP contribution < -0.4 is 15.5 Å². The van der Waals surface area contributed by atoms with Crippen molar-refractivity contribution in [2.45, 2.75) is 27.7 Å². The number of hydrogen-bond acceptors (Lipinski definition) is 6. The fourth-order valence-electron chi connectivity index (χ4n) is 3.39. The highest BCUT2D eigenvalue weighted by molar-refractivity contribution is 7.15. The SMILES string of the molecule is Cc1cccc(N2C(=O)C(Cl)=C(Nc3cccc(C(=O)Nc4nc(C)c(C)s4)c3)C2=O)c1C. The molecule has 2 aromatic carbocycles. The molecule has 0 bridgehead atoms. The minimum Gasteiger partial charge on any atom is -0.350 e. The van der Waals surface area contributed by atoms with Crippen LogP contribution in [0.4, 0.5) is 16.5 Å². The van der Waals surface area contributed by atoms with Crippen molar-refractivity contribution in [1.82, 2.24) is 4.98 Å². The first-order valence-corrected chi connectivity index (χ1v) is 11.3. The molecule has 2 heterocycles. The summed E-state index contributed by atoms with van der Waals surface area (Å²) < 4.78 is 0. The third-order valence-electron chi connectivity index (χ3n) is 5.49. The number of aryl methyl sites for hydroxylation is 3. The zero-order chi connectivity index (χ0) is 23.9. The number of carbonyl (C=O) groups is 3. The van der Waals surface area contributed by atoms with Crippen molar-refractivity contribution in [2.24, 2.45) is 0 Å². The second-order valence-electron chi connectivity index (χ2n) is 7.67. The molecule has 9 heteroatoms. The van der Waals surface area contributed by atoms with E-state index in [-0.39, 0.29) is 16.6 Å². The normalized spacial score (nSPS) is 13.7. The van der Waals surface area contributed by atoms with Crippen LogP contribution >= 0.6 is 22.9 Å². The molecule has 7 nitrogen and oxygen atoms in total. The van der Waals surface area contributed by atoms with Gasteiger partial charge in [-0.15, -0.1) is 11.3 Å². The summed E-state index contributed by atoms with van der Waals surface area (Å²) in [5.41, 5.74) is 3.90. The number of benzene rings is 2. The van der Waals surface area contributed by atoms with Gasteiger partial charge in [0.05, 0.1) is 11.4 Å². The molecule has 0 saturated heterocycles. The van der Waals surface area contributed by atoms with E-state index in [4.69, 9.17) is 11.6 Å². The summed E-state index contributed by atoms with van der Waals surface area (Å²) in [5.74, 6) is -1.48. The molecule has 33 heavy (non-hydrogen) atoms. The lowest BCUT2D eigenvalue weighted by Gasteiger charge is -2.18.